The molecule has 15 heavy (non-hydrogen) atoms. The Kier molecular flexibility index (Phi) is 2.75. The van der Waals surface area contributed by atoms with Crippen LogP contribution in [-0.2, 0) is 17.6 Å². The Bertz CT molecular complexity index is 367. The number of hydrogen-bond donors (Lipinski definition) is 2. The molecule has 0 aliphatic heterocycles. The molecule has 1 saturated carbocycles. The average Bonchev–Trinajstić information content (AvgIpc) is 2.43. The van der Waals surface area contributed by atoms with Gasteiger partial charge in [0.05, 0.1) is 5.69 Å². The van der Waals surface area contributed by atoms with Gasteiger partial charge in [-0.1, -0.05) is 13.3 Å². The highest BCUT2D eigenvalue weighted by molar-refractivity contribution is 5.69. The molecule has 1 aromatic rings. The van der Waals surface area contributed by atoms with Crippen LogP contribution in [0.25, 0.3) is 0 Å². The first-order valence-corrected chi connectivity index (χ1v) is 5.50. The largest absolute Gasteiger partial charge is 0.481 e. The van der Waals surface area contributed by atoms with Crippen LogP contribution in [0.15, 0.2) is 0 Å². The Morgan fingerprint density at radius 2 is 2.33 bits per heavy atom. The summed E-state index contributed by atoms with van der Waals surface area (Å²) in [7, 11) is 0. The van der Waals surface area contributed by atoms with Gasteiger partial charge in [-0.2, -0.15) is 0 Å². The summed E-state index contributed by atoms with van der Waals surface area (Å²) in [5.74, 6) is 0.339. The molecule has 0 aromatic carbocycles. The molecule has 4 nitrogen and oxygen atoms in total. The molecule has 1 fully saturated rings. The lowest BCUT2D eigenvalue weighted by Gasteiger charge is -2.24. The topological polar surface area (TPSA) is 66.0 Å². The van der Waals surface area contributed by atoms with Gasteiger partial charge < -0.3 is 10.1 Å². The van der Waals surface area contributed by atoms with Gasteiger partial charge in [0.1, 0.15) is 12.2 Å². The van der Waals surface area contributed by atoms with Crippen LogP contribution in [0.5, 0.6) is 0 Å². The first-order valence-electron chi connectivity index (χ1n) is 5.50. The van der Waals surface area contributed by atoms with Gasteiger partial charge in [-0.3, -0.25) is 4.79 Å². The van der Waals surface area contributed by atoms with Gasteiger partial charge in [0, 0.05) is 11.6 Å². The number of carbonyl (C=O) groups is 1. The maximum atomic E-state index is 10.6. The minimum Gasteiger partial charge on any atom is -0.481 e. The highest BCUT2D eigenvalue weighted by Crippen LogP contribution is 2.37. The summed E-state index contributed by atoms with van der Waals surface area (Å²) in [6, 6.07) is 0. The van der Waals surface area contributed by atoms with Crippen LogP contribution in [0.3, 0.4) is 0 Å². The van der Waals surface area contributed by atoms with E-state index in [9.17, 15) is 4.79 Å². The lowest BCUT2D eigenvalue weighted by atomic mass is 9.82. The number of H-pyrrole nitrogens is 1. The quantitative estimate of drug-likeness (QED) is 0.793. The van der Waals surface area contributed by atoms with Gasteiger partial charge in [-0.25, -0.2) is 4.98 Å². The maximum Gasteiger partial charge on any atom is 0.311 e. The summed E-state index contributed by atoms with van der Waals surface area (Å²) in [4.78, 5) is 18.1. The number of carboxylic acid groups (broad SMARTS) is 1. The van der Waals surface area contributed by atoms with Gasteiger partial charge in [0.2, 0.25) is 0 Å². The molecule has 0 atom stereocenters. The third-order valence-corrected chi connectivity index (χ3v) is 3.02. The predicted octanol–water partition coefficient (Wildman–Crippen LogP) is 1.87. The first kappa shape index (κ1) is 10.2. The van der Waals surface area contributed by atoms with Gasteiger partial charge in [0.25, 0.3) is 0 Å². The standard InChI is InChI=1S/C11H16N2O2/c1-2-8-11(7-4-3-5-7)13-9(12-8)6-10(14)15/h7H,2-6H2,1H3,(H,12,13)(H,14,15). The Morgan fingerprint density at radius 1 is 1.60 bits per heavy atom. The van der Waals surface area contributed by atoms with Crippen molar-refractivity contribution in [3.8, 4) is 0 Å². The van der Waals surface area contributed by atoms with E-state index in [0.29, 0.717) is 11.7 Å². The van der Waals surface area contributed by atoms with Crippen molar-refractivity contribution in [3.63, 3.8) is 0 Å². The summed E-state index contributed by atoms with van der Waals surface area (Å²) in [5.41, 5.74) is 2.23. The van der Waals surface area contributed by atoms with Crippen molar-refractivity contribution in [2.45, 2.75) is 44.9 Å². The lowest BCUT2D eigenvalue weighted by Crippen LogP contribution is -2.11. The summed E-state index contributed by atoms with van der Waals surface area (Å²) in [6.07, 6.45) is 4.57. The molecular formula is C11H16N2O2. The zero-order valence-corrected chi connectivity index (χ0v) is 8.92. The van der Waals surface area contributed by atoms with Crippen LogP contribution in [-0.4, -0.2) is 21.0 Å². The van der Waals surface area contributed by atoms with Gasteiger partial charge >= 0.3 is 5.97 Å². The van der Waals surface area contributed by atoms with Gasteiger partial charge in [-0.05, 0) is 19.3 Å². The van der Waals surface area contributed by atoms with E-state index in [0.717, 1.165) is 17.8 Å². The fourth-order valence-electron chi connectivity index (χ4n) is 1.99. The van der Waals surface area contributed by atoms with Crippen molar-refractivity contribution in [2.75, 3.05) is 0 Å². The van der Waals surface area contributed by atoms with E-state index < -0.39 is 5.97 Å². The lowest BCUT2D eigenvalue weighted by molar-refractivity contribution is -0.136. The van der Waals surface area contributed by atoms with Crippen LogP contribution < -0.4 is 0 Å². The normalized spacial score (nSPS) is 16.3. The minimum atomic E-state index is -0.827. The molecule has 0 amide bonds. The van der Waals surface area contributed by atoms with Crippen LogP contribution in [0.2, 0.25) is 0 Å². The third-order valence-electron chi connectivity index (χ3n) is 3.02. The van der Waals surface area contributed by atoms with E-state index >= 15 is 0 Å². The third kappa shape index (κ3) is 2.03. The summed E-state index contributed by atoms with van der Waals surface area (Å²) in [6.45, 7) is 2.07. The van der Waals surface area contributed by atoms with Crippen molar-refractivity contribution >= 4 is 5.97 Å². The SMILES string of the molecule is CCc1[nH]c(CC(=O)O)nc1C1CCC1. The van der Waals surface area contributed by atoms with Crippen molar-refractivity contribution in [1.82, 2.24) is 9.97 Å². The molecule has 0 saturated heterocycles. The molecule has 0 bridgehead atoms. The molecule has 1 aliphatic rings. The number of nitrogens with one attached hydrogen (secondary N) is 1. The van der Waals surface area contributed by atoms with Crippen LogP contribution in [0.4, 0.5) is 0 Å². The number of hydrogen-bond acceptors (Lipinski definition) is 2. The van der Waals surface area contributed by atoms with Crippen molar-refractivity contribution in [2.24, 2.45) is 0 Å². The van der Waals surface area contributed by atoms with E-state index in [1.807, 2.05) is 0 Å². The molecule has 82 valence electrons. The van der Waals surface area contributed by atoms with E-state index in [-0.39, 0.29) is 6.42 Å². The second-order valence-electron chi connectivity index (χ2n) is 4.10. The Labute approximate surface area is 88.7 Å². The number of aliphatic carboxylic acids is 1. The zero-order chi connectivity index (χ0) is 10.8. The second kappa shape index (κ2) is 4.04. The maximum absolute atomic E-state index is 10.6. The second-order valence-corrected chi connectivity index (χ2v) is 4.10. The van der Waals surface area contributed by atoms with E-state index in [2.05, 4.69) is 16.9 Å². The Balaban J connectivity index is 2.20. The average molecular weight is 208 g/mol. The van der Waals surface area contributed by atoms with Gasteiger partial charge in [-0.15, -0.1) is 0 Å². The molecule has 0 spiro atoms. The molecule has 4 heteroatoms. The number of nitrogens with zero attached hydrogens (tertiary/aromatic N) is 1. The fraction of sp³-hybridized carbons (Fsp3) is 0.636. The number of rotatable bonds is 4. The number of carboxylic acids is 1. The molecule has 1 aliphatic carbocycles. The molecule has 0 unspecified atom stereocenters. The molecular weight excluding hydrogens is 192 g/mol. The van der Waals surface area contributed by atoms with Gasteiger partial charge in [0.15, 0.2) is 0 Å². The van der Waals surface area contributed by atoms with E-state index in [1.54, 1.807) is 0 Å². The van der Waals surface area contributed by atoms with Crippen LogP contribution >= 0.6 is 0 Å². The minimum absolute atomic E-state index is 0.000278. The number of aryl methyl sites for hydroxylation is 1. The van der Waals surface area contributed by atoms with Crippen molar-refractivity contribution < 1.29 is 9.90 Å². The zero-order valence-electron chi connectivity index (χ0n) is 8.92. The summed E-state index contributed by atoms with van der Waals surface area (Å²) in [5, 5.41) is 8.69. The fourth-order valence-corrected chi connectivity index (χ4v) is 1.99. The van der Waals surface area contributed by atoms with Crippen molar-refractivity contribution in [1.29, 1.82) is 0 Å². The highest BCUT2D eigenvalue weighted by Gasteiger charge is 2.25. The molecule has 2 rings (SSSR count). The Morgan fingerprint density at radius 3 is 2.80 bits per heavy atom. The predicted molar refractivity (Wildman–Crippen MR) is 55.9 cm³/mol. The molecule has 0 radical (unpaired) electrons. The van der Waals surface area contributed by atoms with Crippen LogP contribution in [0.1, 0.15) is 49.3 Å². The number of aromatic amines is 1. The monoisotopic (exact) mass is 208 g/mol. The Hall–Kier alpha value is -1.32. The summed E-state index contributed by atoms with van der Waals surface area (Å²) >= 11 is 0. The molecule has 1 heterocycles. The summed E-state index contributed by atoms with van der Waals surface area (Å²) < 4.78 is 0. The molecule has 2 N–H and O–H groups in total. The van der Waals surface area contributed by atoms with Crippen molar-refractivity contribution in [3.05, 3.63) is 17.2 Å². The highest BCUT2D eigenvalue weighted by atomic mass is 16.4. The van der Waals surface area contributed by atoms with E-state index in [1.165, 1.54) is 19.3 Å². The molecule has 1 aromatic heterocycles. The number of aromatic nitrogens is 2. The van der Waals surface area contributed by atoms with Crippen LogP contribution in [0, 0.1) is 0 Å². The number of imidazole rings is 1. The smallest absolute Gasteiger partial charge is 0.311 e. The first-order chi connectivity index (χ1) is 7.20. The van der Waals surface area contributed by atoms with E-state index in [4.69, 9.17) is 5.11 Å².